The van der Waals surface area contributed by atoms with Crippen molar-refractivity contribution in [3.63, 3.8) is 0 Å². The maximum atomic E-state index is 13.3. The van der Waals surface area contributed by atoms with Gasteiger partial charge in [-0.25, -0.2) is 0 Å². The van der Waals surface area contributed by atoms with Gasteiger partial charge in [0.05, 0.1) is 24.6 Å². The summed E-state index contributed by atoms with van der Waals surface area (Å²) in [6, 6.07) is 7.21. The summed E-state index contributed by atoms with van der Waals surface area (Å²) in [6.45, 7) is 12.7. The van der Waals surface area contributed by atoms with Gasteiger partial charge in [-0.15, -0.1) is 0 Å². The number of carbonyl (C=O) groups excluding carboxylic acids is 2. The number of nitrogens with one attached hydrogen (secondary N) is 3. The molecule has 5 N–H and O–H groups in total. The number of carboxylic acids is 1. The van der Waals surface area contributed by atoms with Crippen LogP contribution in [-0.4, -0.2) is 58.8 Å². The lowest BCUT2D eigenvalue weighted by molar-refractivity contribution is -0.140. The van der Waals surface area contributed by atoms with Crippen LogP contribution in [0.4, 0.5) is 0 Å². The largest absolute Gasteiger partial charge is 0.481 e. The van der Waals surface area contributed by atoms with Gasteiger partial charge in [-0.2, -0.15) is 0 Å². The highest BCUT2D eigenvalue weighted by Crippen LogP contribution is 2.12. The third-order valence-electron chi connectivity index (χ3n) is 5.86. The van der Waals surface area contributed by atoms with Crippen LogP contribution >= 0.6 is 0 Å². The maximum Gasteiger partial charge on any atom is 0.306 e. The fourth-order valence-electron chi connectivity index (χ4n) is 3.83. The second-order valence-corrected chi connectivity index (χ2v) is 10.5. The van der Waals surface area contributed by atoms with E-state index in [-0.39, 0.29) is 18.2 Å². The highest BCUT2D eigenvalue weighted by atomic mass is 16.4. The summed E-state index contributed by atoms with van der Waals surface area (Å²) in [5.74, 6) is -1.22. The smallest absolute Gasteiger partial charge is 0.306 e. The van der Waals surface area contributed by atoms with Crippen molar-refractivity contribution in [1.82, 2.24) is 16.0 Å². The maximum absolute atomic E-state index is 13.3. The van der Waals surface area contributed by atoms with Crippen LogP contribution in [0, 0.1) is 17.8 Å². The lowest BCUT2D eigenvalue weighted by Gasteiger charge is -2.29. The van der Waals surface area contributed by atoms with E-state index in [1.165, 1.54) is 0 Å². The van der Waals surface area contributed by atoms with E-state index in [0.717, 1.165) is 12.0 Å². The lowest BCUT2D eigenvalue weighted by Crippen LogP contribution is -2.58. The first-order valence-electron chi connectivity index (χ1n) is 12.7. The van der Waals surface area contributed by atoms with Crippen LogP contribution in [0.5, 0.6) is 0 Å². The molecule has 35 heavy (non-hydrogen) atoms. The Kier molecular flexibility index (Phi) is 13.6. The first kappa shape index (κ1) is 30.6. The van der Waals surface area contributed by atoms with E-state index >= 15 is 0 Å². The molecule has 1 aromatic carbocycles. The average molecular weight is 492 g/mol. The predicted molar refractivity (Wildman–Crippen MR) is 138 cm³/mol. The van der Waals surface area contributed by atoms with Crippen molar-refractivity contribution >= 4 is 17.8 Å². The van der Waals surface area contributed by atoms with Crippen LogP contribution in [0.15, 0.2) is 30.3 Å². The van der Waals surface area contributed by atoms with Crippen LogP contribution in [-0.2, 0) is 20.8 Å². The van der Waals surface area contributed by atoms with Gasteiger partial charge in [-0.1, -0.05) is 71.9 Å². The van der Waals surface area contributed by atoms with Gasteiger partial charge >= 0.3 is 5.97 Å². The molecule has 8 nitrogen and oxygen atoms in total. The minimum atomic E-state index is -1.27. The summed E-state index contributed by atoms with van der Waals surface area (Å²) in [6.07, 6.45) is 0.0916. The van der Waals surface area contributed by atoms with Crippen molar-refractivity contribution in [3.05, 3.63) is 35.9 Å². The number of aliphatic hydroxyl groups is 1. The van der Waals surface area contributed by atoms with Crippen molar-refractivity contribution in [2.75, 3.05) is 6.54 Å². The molecule has 0 spiro atoms. The highest BCUT2D eigenvalue weighted by Gasteiger charge is 2.31. The summed E-state index contributed by atoms with van der Waals surface area (Å²) in [5, 5.41) is 28.7. The molecule has 0 fully saturated rings. The number of amides is 2. The molecule has 0 bridgehead atoms. The first-order valence-corrected chi connectivity index (χ1v) is 12.7. The van der Waals surface area contributed by atoms with Crippen LogP contribution in [0.3, 0.4) is 0 Å². The second-order valence-electron chi connectivity index (χ2n) is 10.5. The highest BCUT2D eigenvalue weighted by molar-refractivity contribution is 5.90. The second kappa shape index (κ2) is 15.5. The molecule has 0 aliphatic carbocycles. The summed E-state index contributed by atoms with van der Waals surface area (Å²) < 4.78 is 0. The number of rotatable bonds is 16. The van der Waals surface area contributed by atoms with E-state index < -0.39 is 42.5 Å². The number of carbonyl (C=O) groups is 3. The van der Waals surface area contributed by atoms with Crippen molar-refractivity contribution in [2.24, 2.45) is 17.8 Å². The number of hydrogen-bond donors (Lipinski definition) is 5. The number of aliphatic hydroxyl groups excluding tert-OH is 1. The molecule has 0 aliphatic heterocycles. The standard InChI is InChI=1S/C27H45N3O5/c1-17(2)12-13-28-22(14-18(3)4)26(34)30-25(19(5)6)27(35)29-21(23(31)16-24(32)33)15-20-10-8-7-9-11-20/h7-11,17-19,21-23,25,28,31H,12-16H2,1-6H3,(H,29,35)(H,30,34)(H,32,33)/t21-,22-,23-,25-/m0/s1. The number of hydrogen-bond acceptors (Lipinski definition) is 5. The Morgan fingerprint density at radius 2 is 1.51 bits per heavy atom. The van der Waals surface area contributed by atoms with E-state index in [0.29, 0.717) is 24.8 Å². The van der Waals surface area contributed by atoms with E-state index in [9.17, 15) is 19.5 Å². The predicted octanol–water partition coefficient (Wildman–Crippen LogP) is 2.74. The minimum absolute atomic E-state index is 0.205. The van der Waals surface area contributed by atoms with E-state index in [2.05, 4.69) is 43.6 Å². The Balaban J connectivity index is 2.97. The molecule has 1 aromatic rings. The Labute approximate surface area is 210 Å². The topological polar surface area (TPSA) is 128 Å². The zero-order chi connectivity index (χ0) is 26.5. The van der Waals surface area contributed by atoms with Gasteiger partial charge < -0.3 is 26.2 Å². The van der Waals surface area contributed by atoms with E-state index in [4.69, 9.17) is 5.11 Å². The Morgan fingerprint density at radius 3 is 2.03 bits per heavy atom. The number of benzene rings is 1. The molecule has 8 heteroatoms. The monoisotopic (exact) mass is 491 g/mol. The van der Waals surface area contributed by atoms with Crippen molar-refractivity contribution in [2.45, 2.75) is 91.5 Å². The van der Waals surface area contributed by atoms with Gasteiger partial charge in [-0.3, -0.25) is 14.4 Å². The van der Waals surface area contributed by atoms with E-state index in [1.807, 2.05) is 44.2 Å². The van der Waals surface area contributed by atoms with Crippen LogP contribution in [0.2, 0.25) is 0 Å². The molecule has 0 unspecified atom stereocenters. The summed E-state index contributed by atoms with van der Waals surface area (Å²) in [4.78, 5) is 37.6. The molecular weight excluding hydrogens is 446 g/mol. The molecule has 0 heterocycles. The van der Waals surface area contributed by atoms with Gasteiger partial charge in [-0.05, 0) is 49.1 Å². The van der Waals surface area contributed by atoms with Gasteiger partial charge in [0.2, 0.25) is 11.8 Å². The first-order chi connectivity index (χ1) is 16.4. The average Bonchev–Trinajstić information content (AvgIpc) is 2.75. The normalized spacial score (nSPS) is 15.0. The van der Waals surface area contributed by atoms with Crippen molar-refractivity contribution in [3.8, 4) is 0 Å². The lowest BCUT2D eigenvalue weighted by atomic mass is 9.96. The molecule has 0 radical (unpaired) electrons. The molecule has 0 saturated heterocycles. The Hall–Kier alpha value is -2.45. The molecule has 0 aliphatic rings. The zero-order valence-electron chi connectivity index (χ0n) is 22.1. The molecule has 2 amide bonds. The quantitative estimate of drug-likeness (QED) is 0.242. The summed E-state index contributed by atoms with van der Waals surface area (Å²) in [5.41, 5.74) is 0.860. The minimum Gasteiger partial charge on any atom is -0.481 e. The zero-order valence-corrected chi connectivity index (χ0v) is 22.1. The SMILES string of the molecule is CC(C)CCN[C@@H](CC(C)C)C(=O)N[C@H](C(=O)N[C@@H](Cc1ccccc1)[C@@H](O)CC(=O)O)C(C)C. The van der Waals surface area contributed by atoms with Crippen LogP contribution < -0.4 is 16.0 Å². The summed E-state index contributed by atoms with van der Waals surface area (Å²) in [7, 11) is 0. The molecule has 1 rings (SSSR count). The third-order valence-corrected chi connectivity index (χ3v) is 5.86. The van der Waals surface area contributed by atoms with Gasteiger partial charge in [0.15, 0.2) is 0 Å². The molecule has 0 aromatic heterocycles. The number of carboxylic acid groups (broad SMARTS) is 1. The molecule has 198 valence electrons. The van der Waals surface area contributed by atoms with Crippen molar-refractivity contribution < 1.29 is 24.6 Å². The van der Waals surface area contributed by atoms with Crippen molar-refractivity contribution in [1.29, 1.82) is 0 Å². The van der Waals surface area contributed by atoms with Crippen LogP contribution in [0.1, 0.15) is 66.4 Å². The van der Waals surface area contributed by atoms with Gasteiger partial charge in [0, 0.05) is 0 Å². The fourth-order valence-corrected chi connectivity index (χ4v) is 3.83. The fraction of sp³-hybridized carbons (Fsp3) is 0.667. The van der Waals surface area contributed by atoms with Crippen LogP contribution in [0.25, 0.3) is 0 Å². The third kappa shape index (κ3) is 12.2. The van der Waals surface area contributed by atoms with E-state index in [1.54, 1.807) is 0 Å². The van der Waals surface area contributed by atoms with Gasteiger partial charge in [0.25, 0.3) is 0 Å². The molecule has 4 atom stereocenters. The molecule has 0 saturated carbocycles. The Morgan fingerprint density at radius 1 is 0.886 bits per heavy atom. The Bertz CT molecular complexity index is 782. The number of aliphatic carboxylic acids is 1. The summed E-state index contributed by atoms with van der Waals surface area (Å²) >= 11 is 0. The van der Waals surface area contributed by atoms with Gasteiger partial charge in [0.1, 0.15) is 6.04 Å². The molecular formula is C27H45N3O5.